The number of nitrogens with one attached hydrogen (secondary N) is 1. The molecule has 23 heavy (non-hydrogen) atoms. The number of rotatable bonds is 2. The van der Waals surface area contributed by atoms with Gasteiger partial charge in [-0.25, -0.2) is 4.79 Å². The molecule has 3 heterocycles. The van der Waals surface area contributed by atoms with Crippen LogP contribution in [0.5, 0.6) is 0 Å². The molecule has 1 aromatic carbocycles. The summed E-state index contributed by atoms with van der Waals surface area (Å²) in [5.74, 6) is 1.45. The van der Waals surface area contributed by atoms with E-state index in [4.69, 9.17) is 4.52 Å². The maximum absolute atomic E-state index is 12.2. The number of amides is 2. The maximum Gasteiger partial charge on any atom is 0.323 e. The Hall–Kier alpha value is -2.61. The number of benzene rings is 1. The largest absolute Gasteiger partial charge is 0.363 e. The molecular formula is C15H15N5O2S. The lowest BCUT2D eigenvalue weighted by atomic mass is 10.2. The Morgan fingerprint density at radius 1 is 1.17 bits per heavy atom. The van der Waals surface area contributed by atoms with Crippen molar-refractivity contribution >= 4 is 39.3 Å². The van der Waals surface area contributed by atoms with Crippen LogP contribution in [0.3, 0.4) is 0 Å². The number of fused-ring (bicyclic) bond motifs is 1. The molecule has 0 atom stereocenters. The molecule has 0 unspecified atom stereocenters. The predicted molar refractivity (Wildman–Crippen MR) is 88.9 cm³/mol. The number of carbonyl (C=O) groups is 1. The van der Waals surface area contributed by atoms with Crippen LogP contribution in [0.15, 0.2) is 41.1 Å². The second kappa shape index (κ2) is 5.88. The van der Waals surface area contributed by atoms with Gasteiger partial charge in [-0.3, -0.25) is 5.32 Å². The molecule has 0 saturated carbocycles. The van der Waals surface area contributed by atoms with Crippen molar-refractivity contribution in [3.8, 4) is 0 Å². The summed E-state index contributed by atoms with van der Waals surface area (Å²) >= 11 is 1.51. The Morgan fingerprint density at radius 2 is 2.00 bits per heavy atom. The fourth-order valence-electron chi connectivity index (χ4n) is 2.69. The minimum atomic E-state index is -0.151. The number of nitrogens with zero attached hydrogens (tertiary/aromatic N) is 4. The van der Waals surface area contributed by atoms with E-state index < -0.39 is 0 Å². The normalized spacial score (nSPS) is 15.1. The molecule has 118 valence electrons. The summed E-state index contributed by atoms with van der Waals surface area (Å²) in [7, 11) is 0. The number of carbonyl (C=O) groups excluding carboxylic acids is 1. The Balaban J connectivity index is 1.42. The summed E-state index contributed by atoms with van der Waals surface area (Å²) in [5.41, 5.74) is 0. The zero-order valence-corrected chi connectivity index (χ0v) is 13.1. The van der Waals surface area contributed by atoms with Crippen LogP contribution in [0.2, 0.25) is 0 Å². The molecule has 2 amide bonds. The molecule has 3 aromatic rings. The summed E-state index contributed by atoms with van der Waals surface area (Å²) in [5, 5.41) is 7.59. The highest BCUT2D eigenvalue weighted by molar-refractivity contribution is 7.13. The van der Waals surface area contributed by atoms with E-state index in [1.807, 2.05) is 12.1 Å². The van der Waals surface area contributed by atoms with Gasteiger partial charge in [0, 0.05) is 37.6 Å². The van der Waals surface area contributed by atoms with Gasteiger partial charge in [0.05, 0.1) is 4.70 Å². The van der Waals surface area contributed by atoms with Crippen molar-refractivity contribution in [1.29, 1.82) is 0 Å². The molecule has 1 N–H and O–H groups in total. The molecule has 0 bridgehead atoms. The molecule has 1 fully saturated rings. The molecule has 0 aliphatic carbocycles. The standard InChI is InChI=1S/C15H15N5O2S/c21-15(16-13-5-10-22-17-13)20-8-6-19(7-9-20)14-11-3-1-2-4-12(11)23-18-14/h1-5,10H,6-9H2,(H,16,17,21). The Morgan fingerprint density at radius 3 is 2.78 bits per heavy atom. The van der Waals surface area contributed by atoms with Crippen molar-refractivity contribution in [3.63, 3.8) is 0 Å². The van der Waals surface area contributed by atoms with Crippen LogP contribution >= 0.6 is 11.5 Å². The van der Waals surface area contributed by atoms with Gasteiger partial charge in [0.1, 0.15) is 12.1 Å². The van der Waals surface area contributed by atoms with Crippen molar-refractivity contribution in [2.45, 2.75) is 0 Å². The van der Waals surface area contributed by atoms with Gasteiger partial charge in [0.2, 0.25) is 0 Å². The highest BCUT2D eigenvalue weighted by Crippen LogP contribution is 2.29. The highest BCUT2D eigenvalue weighted by Gasteiger charge is 2.24. The molecule has 1 aliphatic rings. The first-order chi connectivity index (χ1) is 11.3. The summed E-state index contributed by atoms with van der Waals surface area (Å²) in [4.78, 5) is 16.2. The second-order valence-electron chi connectivity index (χ2n) is 5.29. The molecular weight excluding hydrogens is 314 g/mol. The van der Waals surface area contributed by atoms with E-state index in [0.29, 0.717) is 18.9 Å². The van der Waals surface area contributed by atoms with E-state index >= 15 is 0 Å². The highest BCUT2D eigenvalue weighted by atomic mass is 32.1. The van der Waals surface area contributed by atoms with Gasteiger partial charge >= 0.3 is 6.03 Å². The van der Waals surface area contributed by atoms with E-state index in [-0.39, 0.29) is 6.03 Å². The van der Waals surface area contributed by atoms with Crippen LogP contribution in [0, 0.1) is 0 Å². The molecule has 8 heteroatoms. The quantitative estimate of drug-likeness (QED) is 0.782. The van der Waals surface area contributed by atoms with E-state index in [0.717, 1.165) is 18.9 Å². The van der Waals surface area contributed by atoms with Gasteiger partial charge in [-0.2, -0.15) is 4.37 Å². The first kappa shape index (κ1) is 14.0. The van der Waals surface area contributed by atoms with Gasteiger partial charge in [-0.15, -0.1) is 0 Å². The molecule has 4 rings (SSSR count). The van der Waals surface area contributed by atoms with Crippen molar-refractivity contribution in [2.24, 2.45) is 0 Å². The lowest BCUT2D eigenvalue weighted by Crippen LogP contribution is -2.50. The zero-order valence-electron chi connectivity index (χ0n) is 12.3. The number of hydrogen-bond acceptors (Lipinski definition) is 6. The maximum atomic E-state index is 12.2. The minimum Gasteiger partial charge on any atom is -0.363 e. The SMILES string of the molecule is O=C(Nc1ccon1)N1CCN(c2nsc3ccccc23)CC1. The number of aromatic nitrogens is 2. The molecule has 1 saturated heterocycles. The smallest absolute Gasteiger partial charge is 0.323 e. The topological polar surface area (TPSA) is 74.5 Å². The van der Waals surface area contributed by atoms with Gasteiger partial charge < -0.3 is 14.3 Å². The summed E-state index contributed by atoms with van der Waals surface area (Å²) < 4.78 is 10.5. The first-order valence-corrected chi connectivity index (χ1v) is 8.14. The molecule has 0 spiro atoms. The van der Waals surface area contributed by atoms with E-state index in [9.17, 15) is 4.79 Å². The Labute approximate surface area is 136 Å². The third-order valence-corrected chi connectivity index (χ3v) is 4.71. The second-order valence-corrected chi connectivity index (χ2v) is 6.10. The third-order valence-electron chi connectivity index (χ3n) is 3.90. The van der Waals surface area contributed by atoms with Gasteiger partial charge in [-0.1, -0.05) is 17.3 Å². The zero-order chi connectivity index (χ0) is 15.6. The van der Waals surface area contributed by atoms with Gasteiger partial charge in [0.15, 0.2) is 5.82 Å². The predicted octanol–water partition coefficient (Wildman–Crippen LogP) is 2.64. The number of anilines is 2. The van der Waals surface area contributed by atoms with Crippen molar-refractivity contribution in [3.05, 3.63) is 36.6 Å². The molecule has 7 nitrogen and oxygen atoms in total. The Bertz CT molecular complexity index is 808. The van der Waals surface area contributed by atoms with Crippen molar-refractivity contribution in [1.82, 2.24) is 14.4 Å². The fourth-order valence-corrected chi connectivity index (χ4v) is 3.48. The first-order valence-electron chi connectivity index (χ1n) is 7.37. The summed E-state index contributed by atoms with van der Waals surface area (Å²) in [6.07, 6.45) is 1.43. The fraction of sp³-hybridized carbons (Fsp3) is 0.267. The van der Waals surface area contributed by atoms with Crippen LogP contribution in [0.4, 0.5) is 16.4 Å². The van der Waals surface area contributed by atoms with Crippen LogP contribution in [-0.2, 0) is 0 Å². The summed E-state index contributed by atoms with van der Waals surface area (Å²) in [6, 6.07) is 9.70. The van der Waals surface area contributed by atoms with Crippen LogP contribution in [-0.4, -0.2) is 46.6 Å². The van der Waals surface area contributed by atoms with Gasteiger partial charge in [-0.05, 0) is 23.7 Å². The van der Waals surface area contributed by atoms with Crippen molar-refractivity contribution < 1.29 is 9.32 Å². The van der Waals surface area contributed by atoms with Crippen LogP contribution < -0.4 is 10.2 Å². The third kappa shape index (κ3) is 2.72. The summed E-state index contributed by atoms with van der Waals surface area (Å²) in [6.45, 7) is 2.82. The monoisotopic (exact) mass is 329 g/mol. The van der Waals surface area contributed by atoms with E-state index in [1.165, 1.54) is 27.9 Å². The molecule has 2 aromatic heterocycles. The number of urea groups is 1. The average molecular weight is 329 g/mol. The number of hydrogen-bond donors (Lipinski definition) is 1. The van der Waals surface area contributed by atoms with E-state index in [2.05, 4.69) is 31.9 Å². The minimum absolute atomic E-state index is 0.151. The van der Waals surface area contributed by atoms with Crippen LogP contribution in [0.25, 0.3) is 10.1 Å². The van der Waals surface area contributed by atoms with Crippen molar-refractivity contribution in [2.75, 3.05) is 36.4 Å². The average Bonchev–Trinajstić information content (AvgIpc) is 3.24. The lowest BCUT2D eigenvalue weighted by Gasteiger charge is -2.34. The van der Waals surface area contributed by atoms with Crippen LogP contribution in [0.1, 0.15) is 0 Å². The lowest BCUT2D eigenvalue weighted by molar-refractivity contribution is 0.208. The van der Waals surface area contributed by atoms with E-state index in [1.54, 1.807) is 11.0 Å². The van der Waals surface area contributed by atoms with Gasteiger partial charge in [0.25, 0.3) is 0 Å². The molecule has 0 radical (unpaired) electrons. The number of piperazine rings is 1. The molecule has 1 aliphatic heterocycles. The Kier molecular flexibility index (Phi) is 3.58.